The van der Waals surface area contributed by atoms with Gasteiger partial charge >= 0.3 is 0 Å². The van der Waals surface area contributed by atoms with Gasteiger partial charge in [0.15, 0.2) is 11.4 Å². The van der Waals surface area contributed by atoms with Gasteiger partial charge in [-0.15, -0.1) is 0 Å². The molecule has 1 N–H and O–H groups in total. The molecule has 1 aliphatic rings. The van der Waals surface area contributed by atoms with Gasteiger partial charge in [0.2, 0.25) is 10.0 Å². The predicted octanol–water partition coefficient (Wildman–Crippen LogP) is 3.85. The molecule has 1 aliphatic heterocycles. The third-order valence-corrected chi connectivity index (χ3v) is 8.37. The Kier molecular flexibility index (Phi) is 8.53. The van der Waals surface area contributed by atoms with E-state index in [4.69, 9.17) is 25.3 Å². The van der Waals surface area contributed by atoms with Crippen molar-refractivity contribution in [3.8, 4) is 11.5 Å². The molecular weight excluding hydrogens is 608 g/mol. The molecule has 3 heterocycles. The first-order chi connectivity index (χ1) is 19.9. The minimum Gasteiger partial charge on any atom is -0.457 e. The largest absolute Gasteiger partial charge is 0.457 e. The molecule has 1 saturated heterocycles. The lowest BCUT2D eigenvalue weighted by molar-refractivity contribution is -0.0150. The lowest BCUT2D eigenvalue weighted by Crippen LogP contribution is -2.37. The minimum atomic E-state index is -3.85. The third kappa shape index (κ3) is 6.90. The van der Waals surface area contributed by atoms with Crippen molar-refractivity contribution in [1.82, 2.24) is 13.9 Å². The number of fused-ring (bicyclic) bond motifs is 1. The number of hydrogen-bond donors (Lipinski definition) is 1. The first kappa shape index (κ1) is 29.9. The summed E-state index contributed by atoms with van der Waals surface area (Å²) in [7, 11) is -7.43. The van der Waals surface area contributed by atoms with Crippen LogP contribution in [0.2, 0.25) is 5.02 Å². The fourth-order valence-corrected chi connectivity index (χ4v) is 5.93. The van der Waals surface area contributed by atoms with Crippen LogP contribution in [0.1, 0.15) is 28.8 Å². The molecule has 2 aromatic carbocycles. The molecule has 0 bridgehead atoms. The Balaban J connectivity index is 1.44. The fourth-order valence-electron chi connectivity index (χ4n) is 4.53. The van der Waals surface area contributed by atoms with Gasteiger partial charge in [0, 0.05) is 17.8 Å². The number of ketones is 1. The number of rotatable bonds is 10. The van der Waals surface area contributed by atoms with Crippen molar-refractivity contribution in [1.29, 1.82) is 0 Å². The van der Waals surface area contributed by atoms with E-state index in [1.807, 2.05) is 18.2 Å². The van der Waals surface area contributed by atoms with E-state index in [1.54, 1.807) is 18.2 Å². The van der Waals surface area contributed by atoms with Crippen molar-refractivity contribution < 1.29 is 35.3 Å². The Bertz CT molecular complexity index is 1840. The quantitative estimate of drug-likeness (QED) is 0.200. The minimum absolute atomic E-state index is 0.0228. The summed E-state index contributed by atoms with van der Waals surface area (Å²) in [6.07, 6.45) is 5.08. The number of para-hydroxylation sites is 1. The van der Waals surface area contributed by atoms with E-state index in [2.05, 4.69) is 15.3 Å². The Morgan fingerprint density at radius 3 is 2.45 bits per heavy atom. The zero-order valence-electron chi connectivity index (χ0n) is 22.6. The van der Waals surface area contributed by atoms with Gasteiger partial charge in [-0.1, -0.05) is 29.8 Å². The number of hydrogen-bond acceptors (Lipinski definition) is 11. The first-order valence-corrected chi connectivity index (χ1v) is 16.8. The summed E-state index contributed by atoms with van der Waals surface area (Å²) in [5, 5.41) is 3.55. The number of ether oxygens (including phenoxy) is 2. The van der Waals surface area contributed by atoms with E-state index in [0.717, 1.165) is 16.5 Å². The summed E-state index contributed by atoms with van der Waals surface area (Å²) in [6, 6.07) is 13.4. The molecule has 4 aromatic rings. The number of benzene rings is 2. The molecule has 0 spiro atoms. The molecule has 5 rings (SSSR count). The van der Waals surface area contributed by atoms with Crippen LogP contribution in [-0.2, 0) is 29.1 Å². The van der Waals surface area contributed by atoms with Crippen molar-refractivity contribution in [2.45, 2.75) is 25.0 Å². The van der Waals surface area contributed by atoms with Crippen molar-refractivity contribution >= 4 is 54.4 Å². The van der Waals surface area contributed by atoms with Crippen LogP contribution in [0.25, 0.3) is 11.0 Å². The highest BCUT2D eigenvalue weighted by Gasteiger charge is 2.28. The average molecular weight is 635 g/mol. The van der Waals surface area contributed by atoms with Crippen LogP contribution in [0.5, 0.6) is 11.5 Å². The maximum Gasteiger partial charge on any atom is 0.264 e. The Hall–Kier alpha value is -3.56. The van der Waals surface area contributed by atoms with Gasteiger partial charge in [0.1, 0.15) is 23.6 Å². The number of nitrogens with zero attached hydrogens (tertiary/aromatic N) is 3. The molecule has 0 unspecified atom stereocenters. The van der Waals surface area contributed by atoms with E-state index in [1.165, 1.54) is 24.7 Å². The molecular formula is C27H27ClN4O8S2. The zero-order chi connectivity index (χ0) is 30.1. The Morgan fingerprint density at radius 1 is 1.05 bits per heavy atom. The van der Waals surface area contributed by atoms with Crippen molar-refractivity contribution in [2.75, 3.05) is 31.0 Å². The van der Waals surface area contributed by atoms with E-state index < -0.39 is 32.0 Å². The lowest BCUT2D eigenvalue weighted by atomic mass is 10.0. The number of carbonyl (C=O) groups is 1. The number of halogens is 1. The van der Waals surface area contributed by atoms with Gasteiger partial charge in [-0.3, -0.25) is 8.98 Å². The second kappa shape index (κ2) is 12.0. The van der Waals surface area contributed by atoms with Crippen LogP contribution >= 0.6 is 11.6 Å². The van der Waals surface area contributed by atoms with Crippen molar-refractivity contribution in [3.63, 3.8) is 0 Å². The molecule has 0 amide bonds. The van der Waals surface area contributed by atoms with Crippen LogP contribution in [-0.4, -0.2) is 74.4 Å². The second-order valence-electron chi connectivity index (χ2n) is 9.77. The lowest BCUT2D eigenvalue weighted by Gasteiger charge is -2.29. The molecule has 2 aromatic heterocycles. The summed E-state index contributed by atoms with van der Waals surface area (Å²) >= 11 is 6.51. The van der Waals surface area contributed by atoms with Gasteiger partial charge in [-0.25, -0.2) is 22.4 Å². The van der Waals surface area contributed by atoms with E-state index in [0.29, 0.717) is 24.3 Å². The van der Waals surface area contributed by atoms with Gasteiger partial charge in [0.05, 0.1) is 53.8 Å². The highest BCUT2D eigenvalue weighted by atomic mass is 35.5. The van der Waals surface area contributed by atoms with Crippen LogP contribution in [0, 0.1) is 0 Å². The molecule has 1 fully saturated rings. The number of aromatic nitrogens is 3. The molecule has 2 atom stereocenters. The van der Waals surface area contributed by atoms with Crippen molar-refractivity contribution in [2.24, 2.45) is 0 Å². The number of carbonyl (C=O) groups excluding carboxylic acids is 1. The first-order valence-electron chi connectivity index (χ1n) is 12.8. The van der Waals surface area contributed by atoms with Gasteiger partial charge in [-0.05, 0) is 37.1 Å². The summed E-state index contributed by atoms with van der Waals surface area (Å²) in [6.45, 7) is 0.114. The van der Waals surface area contributed by atoms with E-state index in [9.17, 15) is 21.6 Å². The average Bonchev–Trinajstić information content (AvgIpc) is 3.34. The second-order valence-corrected chi connectivity index (χ2v) is 13.7. The maximum absolute atomic E-state index is 13.8. The molecule has 15 heteroatoms. The molecule has 0 radical (unpaired) electrons. The normalized spacial score (nSPS) is 17.7. The molecule has 42 heavy (non-hydrogen) atoms. The molecule has 0 aliphatic carbocycles. The monoisotopic (exact) mass is 634 g/mol. The molecule has 222 valence electrons. The maximum atomic E-state index is 13.8. The van der Waals surface area contributed by atoms with Gasteiger partial charge < -0.3 is 14.8 Å². The number of nitrogens with one attached hydrogen (secondary N) is 1. The number of anilines is 1. The van der Waals surface area contributed by atoms with Crippen LogP contribution in [0.15, 0.2) is 61.1 Å². The standard InChI is InChI=1S/C27H27ClN4O8S2/c1-41(34,35)32-13-22(25(33)21-11-10-19(12-23(21)28)40-18-6-4-3-5-7-18)24-26(29-16-30-27(24)32)31-17-8-9-20(38-14-17)15-39-42(2,36)37/h3-7,10-13,16-17,20H,8-9,14-15H2,1-2H3,(H,29,30,31)/t17-,20+/m1/s1. The highest BCUT2D eigenvalue weighted by molar-refractivity contribution is 7.89. The summed E-state index contributed by atoms with van der Waals surface area (Å²) in [4.78, 5) is 22.3. The molecule has 12 nitrogen and oxygen atoms in total. The Morgan fingerprint density at radius 2 is 1.81 bits per heavy atom. The summed E-state index contributed by atoms with van der Waals surface area (Å²) in [5.41, 5.74) is 0.192. The van der Waals surface area contributed by atoms with Crippen LogP contribution in [0.4, 0.5) is 5.82 Å². The highest BCUT2D eigenvalue weighted by Crippen LogP contribution is 2.33. The topological polar surface area (TPSA) is 156 Å². The van der Waals surface area contributed by atoms with Gasteiger partial charge in [0.25, 0.3) is 10.1 Å². The zero-order valence-corrected chi connectivity index (χ0v) is 24.9. The predicted molar refractivity (Wildman–Crippen MR) is 156 cm³/mol. The van der Waals surface area contributed by atoms with Gasteiger partial charge in [-0.2, -0.15) is 8.42 Å². The van der Waals surface area contributed by atoms with E-state index in [-0.39, 0.29) is 52.3 Å². The Labute approximate surface area is 247 Å². The summed E-state index contributed by atoms with van der Waals surface area (Å²) < 4.78 is 65.2. The molecule has 0 saturated carbocycles. The summed E-state index contributed by atoms with van der Waals surface area (Å²) in [5.74, 6) is 0.724. The smallest absolute Gasteiger partial charge is 0.264 e. The third-order valence-electron chi connectivity index (χ3n) is 6.50. The van der Waals surface area contributed by atoms with Crippen molar-refractivity contribution in [3.05, 3.63) is 77.2 Å². The fraction of sp³-hybridized carbons (Fsp3) is 0.296. The van der Waals surface area contributed by atoms with Crippen LogP contribution < -0.4 is 10.1 Å². The SMILES string of the molecule is CS(=O)(=O)OC[C@@H]1CC[C@@H](Nc2ncnc3c2c(C(=O)c2ccc(Oc4ccccc4)cc2Cl)cn3S(C)(=O)=O)CO1. The van der Waals surface area contributed by atoms with E-state index >= 15 is 0 Å². The van der Waals surface area contributed by atoms with Crippen LogP contribution in [0.3, 0.4) is 0 Å².